The van der Waals surface area contributed by atoms with Gasteiger partial charge in [0.15, 0.2) is 0 Å². The average Bonchev–Trinajstić information content (AvgIpc) is 2.32. The highest BCUT2D eigenvalue weighted by Crippen LogP contribution is 2.19. The van der Waals surface area contributed by atoms with E-state index in [1.54, 1.807) is 13.0 Å². The van der Waals surface area contributed by atoms with E-state index in [2.05, 4.69) is 26.2 Å². The van der Waals surface area contributed by atoms with Crippen molar-refractivity contribution in [2.24, 2.45) is 0 Å². The molecule has 0 unspecified atom stereocenters. The maximum absolute atomic E-state index is 13.2. The summed E-state index contributed by atoms with van der Waals surface area (Å²) in [7, 11) is 0. The number of anilines is 1. The number of hydrogen-bond acceptors (Lipinski definition) is 2. The number of carbonyl (C=O) groups excluding carboxylic acids is 1. The number of halogens is 3. The highest BCUT2D eigenvalue weighted by Gasteiger charge is 2.09. The summed E-state index contributed by atoms with van der Waals surface area (Å²) in [5, 5.41) is 3.01. The highest BCUT2D eigenvalue weighted by atomic mass is 79.9. The molecule has 0 saturated heterocycles. The zero-order valence-corrected chi connectivity index (χ0v) is 12.2. The molecule has 2 rings (SSSR count). The van der Waals surface area contributed by atoms with Gasteiger partial charge in [0.05, 0.1) is 11.9 Å². The first kappa shape index (κ1) is 14.0. The predicted molar refractivity (Wildman–Crippen MR) is 76.0 cm³/mol. The zero-order valence-electron chi connectivity index (χ0n) is 9.88. The summed E-state index contributed by atoms with van der Waals surface area (Å²) in [5.41, 5.74) is 1.48. The van der Waals surface area contributed by atoms with Crippen molar-refractivity contribution in [2.45, 2.75) is 6.92 Å². The average molecular weight is 344 g/mol. The Morgan fingerprint density at radius 2 is 2.11 bits per heavy atom. The molecule has 0 aliphatic rings. The lowest BCUT2D eigenvalue weighted by Gasteiger charge is -2.07. The van der Waals surface area contributed by atoms with E-state index in [1.165, 1.54) is 18.3 Å². The smallest absolute Gasteiger partial charge is 0.255 e. The molecular formula is C13H9BrClFN2O. The van der Waals surface area contributed by atoms with Crippen LogP contribution in [-0.2, 0) is 0 Å². The van der Waals surface area contributed by atoms with E-state index < -0.39 is 11.7 Å². The van der Waals surface area contributed by atoms with Gasteiger partial charge in [-0.25, -0.2) is 9.37 Å². The minimum absolute atomic E-state index is 0.222. The fourth-order valence-corrected chi connectivity index (χ4v) is 2.08. The number of pyridine rings is 1. The molecule has 0 radical (unpaired) electrons. The second-order valence-corrected chi connectivity index (χ2v) is 5.22. The van der Waals surface area contributed by atoms with E-state index in [0.717, 1.165) is 11.6 Å². The fraction of sp³-hybridized carbons (Fsp3) is 0.0769. The zero-order chi connectivity index (χ0) is 14.0. The van der Waals surface area contributed by atoms with Gasteiger partial charge in [-0.3, -0.25) is 4.79 Å². The maximum atomic E-state index is 13.2. The van der Waals surface area contributed by atoms with Crippen LogP contribution in [0, 0.1) is 12.7 Å². The van der Waals surface area contributed by atoms with Gasteiger partial charge >= 0.3 is 0 Å². The molecule has 1 aromatic heterocycles. The van der Waals surface area contributed by atoms with Crippen LogP contribution in [0.5, 0.6) is 0 Å². The van der Waals surface area contributed by atoms with Crippen molar-refractivity contribution in [1.29, 1.82) is 0 Å². The Morgan fingerprint density at radius 1 is 1.37 bits per heavy atom. The van der Waals surface area contributed by atoms with Gasteiger partial charge in [0.1, 0.15) is 11.0 Å². The Morgan fingerprint density at radius 3 is 2.74 bits per heavy atom. The van der Waals surface area contributed by atoms with Crippen LogP contribution in [-0.4, -0.2) is 10.9 Å². The number of carbonyl (C=O) groups is 1. The Balaban J connectivity index is 2.22. The van der Waals surface area contributed by atoms with Gasteiger partial charge in [0.25, 0.3) is 5.91 Å². The first-order valence-electron chi connectivity index (χ1n) is 5.35. The SMILES string of the molecule is Cc1cc(NC(=O)c2cc(F)cc(Br)c2)cnc1Cl. The third-order valence-electron chi connectivity index (χ3n) is 2.40. The largest absolute Gasteiger partial charge is 0.321 e. The van der Waals surface area contributed by atoms with Gasteiger partial charge < -0.3 is 5.32 Å². The molecule has 0 bridgehead atoms. The Labute approximate surface area is 122 Å². The summed E-state index contributed by atoms with van der Waals surface area (Å²) < 4.78 is 13.7. The quantitative estimate of drug-likeness (QED) is 0.831. The molecule has 0 spiro atoms. The third-order valence-corrected chi connectivity index (χ3v) is 3.25. The second-order valence-electron chi connectivity index (χ2n) is 3.94. The number of aromatic nitrogens is 1. The van der Waals surface area contributed by atoms with Gasteiger partial charge in [0.2, 0.25) is 0 Å². The van der Waals surface area contributed by atoms with E-state index in [0.29, 0.717) is 15.3 Å². The second kappa shape index (κ2) is 5.67. The standard InChI is InChI=1S/C13H9BrClFN2O/c1-7-2-11(6-17-12(7)15)18-13(19)8-3-9(14)5-10(16)4-8/h2-6H,1H3,(H,18,19). The van der Waals surface area contributed by atoms with Gasteiger partial charge in [0, 0.05) is 10.0 Å². The van der Waals surface area contributed by atoms with E-state index in [9.17, 15) is 9.18 Å². The number of hydrogen-bond donors (Lipinski definition) is 1. The van der Waals surface area contributed by atoms with Gasteiger partial charge in [-0.1, -0.05) is 27.5 Å². The fourth-order valence-electron chi connectivity index (χ4n) is 1.51. The molecule has 0 aliphatic carbocycles. The van der Waals surface area contributed by atoms with Crippen LogP contribution in [0.15, 0.2) is 34.9 Å². The van der Waals surface area contributed by atoms with Crippen LogP contribution < -0.4 is 5.32 Å². The van der Waals surface area contributed by atoms with Crippen molar-refractivity contribution in [3.8, 4) is 0 Å². The normalized spacial score (nSPS) is 10.3. The highest BCUT2D eigenvalue weighted by molar-refractivity contribution is 9.10. The summed E-state index contributed by atoms with van der Waals surface area (Å²) in [4.78, 5) is 15.9. The number of aryl methyl sites for hydroxylation is 1. The molecule has 0 atom stereocenters. The first-order chi connectivity index (χ1) is 8.95. The van der Waals surface area contributed by atoms with Crippen LogP contribution in [0.1, 0.15) is 15.9 Å². The van der Waals surface area contributed by atoms with Gasteiger partial charge in [-0.2, -0.15) is 0 Å². The van der Waals surface area contributed by atoms with E-state index in [-0.39, 0.29) is 5.56 Å². The molecule has 0 saturated carbocycles. The summed E-state index contributed by atoms with van der Waals surface area (Å²) >= 11 is 8.93. The Kier molecular flexibility index (Phi) is 4.17. The number of nitrogens with one attached hydrogen (secondary N) is 1. The lowest BCUT2D eigenvalue weighted by atomic mass is 10.2. The first-order valence-corrected chi connectivity index (χ1v) is 6.52. The number of nitrogens with zero attached hydrogens (tertiary/aromatic N) is 1. The Hall–Kier alpha value is -1.46. The van der Waals surface area contributed by atoms with Crippen molar-refractivity contribution in [1.82, 2.24) is 4.98 Å². The van der Waals surface area contributed by atoms with Crippen molar-refractivity contribution in [2.75, 3.05) is 5.32 Å². The summed E-state index contributed by atoms with van der Waals surface area (Å²) in [6, 6.07) is 5.68. The molecule has 1 amide bonds. The van der Waals surface area contributed by atoms with Crippen molar-refractivity contribution in [3.05, 3.63) is 57.0 Å². The van der Waals surface area contributed by atoms with Crippen molar-refractivity contribution >= 4 is 39.1 Å². The van der Waals surface area contributed by atoms with E-state index >= 15 is 0 Å². The minimum Gasteiger partial charge on any atom is -0.321 e. The van der Waals surface area contributed by atoms with Crippen molar-refractivity contribution < 1.29 is 9.18 Å². The van der Waals surface area contributed by atoms with Gasteiger partial charge in [-0.05, 0) is 36.8 Å². The monoisotopic (exact) mass is 342 g/mol. The maximum Gasteiger partial charge on any atom is 0.255 e. The van der Waals surface area contributed by atoms with E-state index in [4.69, 9.17) is 11.6 Å². The summed E-state index contributed by atoms with van der Waals surface area (Å²) in [6.07, 6.45) is 1.45. The van der Waals surface area contributed by atoms with E-state index in [1.807, 2.05) is 0 Å². The van der Waals surface area contributed by atoms with Crippen molar-refractivity contribution in [3.63, 3.8) is 0 Å². The summed E-state index contributed by atoms with van der Waals surface area (Å²) in [6.45, 7) is 1.78. The molecule has 1 N–H and O–H groups in total. The number of amides is 1. The van der Waals surface area contributed by atoms with Gasteiger partial charge in [-0.15, -0.1) is 0 Å². The molecule has 0 fully saturated rings. The molecule has 1 aromatic carbocycles. The van der Waals surface area contributed by atoms with Crippen LogP contribution in [0.2, 0.25) is 5.15 Å². The van der Waals surface area contributed by atoms with Crippen LogP contribution in [0.4, 0.5) is 10.1 Å². The number of benzene rings is 1. The van der Waals surface area contributed by atoms with Crippen LogP contribution >= 0.6 is 27.5 Å². The van der Waals surface area contributed by atoms with Crippen LogP contribution in [0.3, 0.4) is 0 Å². The third kappa shape index (κ3) is 3.52. The molecule has 6 heteroatoms. The molecule has 0 aliphatic heterocycles. The topological polar surface area (TPSA) is 42.0 Å². The molecule has 1 heterocycles. The lowest BCUT2D eigenvalue weighted by Crippen LogP contribution is -2.12. The predicted octanol–water partition coefficient (Wildman–Crippen LogP) is 4.20. The molecule has 2 aromatic rings. The van der Waals surface area contributed by atoms with Crippen LogP contribution in [0.25, 0.3) is 0 Å². The lowest BCUT2D eigenvalue weighted by molar-refractivity contribution is 0.102. The molecular weight excluding hydrogens is 335 g/mol. The Bertz CT molecular complexity index is 628. The minimum atomic E-state index is -0.482. The number of rotatable bonds is 2. The molecule has 19 heavy (non-hydrogen) atoms. The molecule has 3 nitrogen and oxygen atoms in total. The summed E-state index contributed by atoms with van der Waals surface area (Å²) in [5.74, 6) is -0.895. The molecule has 98 valence electrons.